The van der Waals surface area contributed by atoms with Gasteiger partial charge >= 0.3 is 0 Å². The first-order valence-corrected chi connectivity index (χ1v) is 16.8. The molecule has 0 spiro atoms. The molecule has 0 aliphatic heterocycles. The Morgan fingerprint density at radius 3 is 2.11 bits per heavy atom. The van der Waals surface area contributed by atoms with E-state index in [1.807, 2.05) is 82.3 Å². The van der Waals surface area contributed by atoms with Crippen molar-refractivity contribution in [3.8, 4) is 0 Å². The first-order valence-electron chi connectivity index (χ1n) is 14.6. The number of halogens is 2. The largest absolute Gasteiger partial charge is 0.352 e. The Morgan fingerprint density at radius 1 is 0.800 bits per heavy atom. The van der Waals surface area contributed by atoms with Crippen molar-refractivity contribution in [2.24, 2.45) is 0 Å². The van der Waals surface area contributed by atoms with E-state index in [2.05, 4.69) is 5.32 Å². The number of benzene rings is 4. The van der Waals surface area contributed by atoms with Crippen molar-refractivity contribution in [2.45, 2.75) is 57.6 Å². The number of anilines is 1. The minimum absolute atomic E-state index is 0.0134. The van der Waals surface area contributed by atoms with Gasteiger partial charge in [0.25, 0.3) is 10.0 Å². The second-order valence-electron chi connectivity index (χ2n) is 11.3. The molecule has 0 aromatic heterocycles. The number of hydrogen-bond donors (Lipinski definition) is 1. The fraction of sp³-hybridized carbons (Fsp3) is 0.257. The van der Waals surface area contributed by atoms with Crippen molar-refractivity contribution in [2.75, 3.05) is 10.8 Å². The molecule has 10 heteroatoms. The summed E-state index contributed by atoms with van der Waals surface area (Å²) in [6.45, 7) is 6.94. The fourth-order valence-electron chi connectivity index (χ4n) is 4.97. The van der Waals surface area contributed by atoms with E-state index in [-0.39, 0.29) is 45.5 Å². The minimum Gasteiger partial charge on any atom is -0.352 e. The summed E-state index contributed by atoms with van der Waals surface area (Å²) in [5.74, 6) is -0.924. The Labute approximate surface area is 275 Å². The summed E-state index contributed by atoms with van der Waals surface area (Å²) in [6.07, 6.45) is 0.222. The quantitative estimate of drug-likeness (QED) is 0.177. The summed E-state index contributed by atoms with van der Waals surface area (Å²) in [6, 6.07) is 26.7. The first kappa shape index (κ1) is 34.0. The SMILES string of the molecule is Cc1ccc(S(=O)(=O)N(CC(=O)N(Cc2cccc(C)c2)[C@H](Cc2ccccc2)C(=O)NC(C)C)c2cc(Cl)ccc2Cl)cc1. The van der Waals surface area contributed by atoms with E-state index in [1.54, 1.807) is 18.2 Å². The molecule has 0 bridgehead atoms. The lowest BCUT2D eigenvalue weighted by Crippen LogP contribution is -2.54. The molecule has 0 fully saturated rings. The van der Waals surface area contributed by atoms with Gasteiger partial charge in [-0.2, -0.15) is 0 Å². The molecular formula is C35H37Cl2N3O4S. The lowest BCUT2D eigenvalue weighted by Gasteiger charge is -2.34. The third kappa shape index (κ3) is 8.87. The molecule has 0 saturated carbocycles. The standard InChI is InChI=1S/C35H37Cl2N3O4S/c1-24(2)38-35(42)33(20-27-10-6-5-7-11-27)39(22-28-12-8-9-26(4)19-28)34(41)23-40(32-21-29(36)15-18-31(32)37)45(43,44)30-16-13-25(3)14-17-30/h5-19,21,24,33H,20,22-23H2,1-4H3,(H,38,42)/t33-/m1/s1. The molecule has 0 aliphatic carbocycles. The zero-order valence-corrected chi connectivity index (χ0v) is 28.0. The van der Waals surface area contributed by atoms with E-state index < -0.39 is 28.5 Å². The van der Waals surface area contributed by atoms with Gasteiger partial charge in [-0.25, -0.2) is 8.42 Å². The molecule has 0 heterocycles. The Hall–Kier alpha value is -3.85. The molecule has 0 unspecified atom stereocenters. The average molecular weight is 667 g/mol. The average Bonchev–Trinajstić information content (AvgIpc) is 2.99. The summed E-state index contributed by atoms with van der Waals surface area (Å²) in [5, 5.41) is 3.31. The van der Waals surface area contributed by atoms with Crippen LogP contribution in [0.5, 0.6) is 0 Å². The van der Waals surface area contributed by atoms with Crippen LogP contribution in [-0.2, 0) is 32.6 Å². The zero-order valence-electron chi connectivity index (χ0n) is 25.7. The molecule has 0 radical (unpaired) electrons. The van der Waals surface area contributed by atoms with Gasteiger partial charge < -0.3 is 10.2 Å². The van der Waals surface area contributed by atoms with E-state index in [1.165, 1.54) is 29.2 Å². The highest BCUT2D eigenvalue weighted by Gasteiger charge is 2.35. The molecule has 45 heavy (non-hydrogen) atoms. The lowest BCUT2D eigenvalue weighted by atomic mass is 10.0. The minimum atomic E-state index is -4.30. The van der Waals surface area contributed by atoms with Crippen molar-refractivity contribution in [1.29, 1.82) is 0 Å². The molecule has 7 nitrogen and oxygen atoms in total. The predicted octanol–water partition coefficient (Wildman–Crippen LogP) is 6.97. The summed E-state index contributed by atoms with van der Waals surface area (Å²) < 4.78 is 29.3. The third-order valence-electron chi connectivity index (χ3n) is 7.20. The summed E-state index contributed by atoms with van der Waals surface area (Å²) in [5.41, 5.74) is 3.57. The number of nitrogens with one attached hydrogen (secondary N) is 1. The van der Waals surface area contributed by atoms with Gasteiger partial charge in [0.2, 0.25) is 11.8 Å². The molecule has 4 aromatic rings. The van der Waals surface area contributed by atoms with Gasteiger partial charge in [0.15, 0.2) is 0 Å². The van der Waals surface area contributed by atoms with Gasteiger partial charge in [0, 0.05) is 24.0 Å². The number of hydrogen-bond acceptors (Lipinski definition) is 4. The van der Waals surface area contributed by atoms with Crippen molar-refractivity contribution in [3.63, 3.8) is 0 Å². The van der Waals surface area contributed by atoms with Crippen LogP contribution in [0.15, 0.2) is 102 Å². The molecule has 2 amide bonds. The van der Waals surface area contributed by atoms with Crippen LogP contribution in [0.25, 0.3) is 0 Å². The summed E-state index contributed by atoms with van der Waals surface area (Å²) in [7, 11) is -4.30. The monoisotopic (exact) mass is 665 g/mol. The Bertz CT molecular complexity index is 1750. The van der Waals surface area contributed by atoms with Crippen molar-refractivity contribution < 1.29 is 18.0 Å². The van der Waals surface area contributed by atoms with Crippen LogP contribution in [0.2, 0.25) is 10.0 Å². The predicted molar refractivity (Wildman–Crippen MR) is 181 cm³/mol. The van der Waals surface area contributed by atoms with E-state index in [9.17, 15) is 18.0 Å². The molecule has 236 valence electrons. The highest BCUT2D eigenvalue weighted by Crippen LogP contribution is 2.33. The smallest absolute Gasteiger partial charge is 0.264 e. The van der Waals surface area contributed by atoms with Crippen LogP contribution in [-0.4, -0.2) is 43.8 Å². The highest BCUT2D eigenvalue weighted by molar-refractivity contribution is 7.92. The molecule has 0 saturated heterocycles. The number of carbonyl (C=O) groups excluding carboxylic acids is 2. The summed E-state index contributed by atoms with van der Waals surface area (Å²) >= 11 is 12.8. The van der Waals surface area contributed by atoms with Gasteiger partial charge in [-0.3, -0.25) is 13.9 Å². The normalized spacial score (nSPS) is 12.1. The van der Waals surface area contributed by atoms with Crippen molar-refractivity contribution >= 4 is 50.7 Å². The Morgan fingerprint density at radius 2 is 1.47 bits per heavy atom. The van der Waals surface area contributed by atoms with Crippen molar-refractivity contribution in [1.82, 2.24) is 10.2 Å². The van der Waals surface area contributed by atoms with E-state index in [0.717, 1.165) is 26.6 Å². The third-order valence-corrected chi connectivity index (χ3v) is 9.53. The number of carbonyl (C=O) groups is 2. The number of aryl methyl sites for hydroxylation is 2. The van der Waals surface area contributed by atoms with Gasteiger partial charge in [0.05, 0.1) is 15.6 Å². The van der Waals surface area contributed by atoms with Gasteiger partial charge in [0.1, 0.15) is 12.6 Å². The Kier molecular flexibility index (Phi) is 11.3. The second kappa shape index (κ2) is 15.0. The molecule has 4 rings (SSSR count). The van der Waals surface area contributed by atoms with Gasteiger partial charge in [-0.15, -0.1) is 0 Å². The van der Waals surface area contributed by atoms with Crippen LogP contribution in [0.3, 0.4) is 0 Å². The summed E-state index contributed by atoms with van der Waals surface area (Å²) in [4.78, 5) is 29.8. The molecule has 1 atom stereocenters. The maximum Gasteiger partial charge on any atom is 0.264 e. The van der Waals surface area contributed by atoms with Crippen LogP contribution in [0.1, 0.15) is 36.1 Å². The highest BCUT2D eigenvalue weighted by atomic mass is 35.5. The zero-order chi connectivity index (χ0) is 32.7. The fourth-order valence-corrected chi connectivity index (χ4v) is 6.83. The van der Waals surface area contributed by atoms with Gasteiger partial charge in [-0.05, 0) is 69.2 Å². The second-order valence-corrected chi connectivity index (χ2v) is 14.0. The molecule has 4 aromatic carbocycles. The van der Waals surface area contributed by atoms with E-state index in [0.29, 0.717) is 0 Å². The maximum absolute atomic E-state index is 14.5. The number of rotatable bonds is 12. The van der Waals surface area contributed by atoms with E-state index in [4.69, 9.17) is 23.2 Å². The lowest BCUT2D eigenvalue weighted by molar-refractivity contribution is -0.140. The van der Waals surface area contributed by atoms with Crippen LogP contribution < -0.4 is 9.62 Å². The molecule has 1 N–H and O–H groups in total. The van der Waals surface area contributed by atoms with Crippen LogP contribution in [0.4, 0.5) is 5.69 Å². The topological polar surface area (TPSA) is 86.8 Å². The van der Waals surface area contributed by atoms with Crippen LogP contribution in [0, 0.1) is 13.8 Å². The van der Waals surface area contributed by atoms with E-state index >= 15 is 0 Å². The first-order chi connectivity index (χ1) is 21.3. The number of sulfonamides is 1. The Balaban J connectivity index is 1.84. The molecular weight excluding hydrogens is 629 g/mol. The number of nitrogens with zero attached hydrogens (tertiary/aromatic N) is 2. The van der Waals surface area contributed by atoms with Gasteiger partial charge in [-0.1, -0.05) is 101 Å². The maximum atomic E-state index is 14.5. The molecule has 0 aliphatic rings. The van der Waals surface area contributed by atoms with Crippen molar-refractivity contribution in [3.05, 3.63) is 129 Å². The van der Waals surface area contributed by atoms with Crippen LogP contribution >= 0.6 is 23.2 Å². The number of amides is 2.